The molecule has 288 valence electrons. The second-order valence-electron chi connectivity index (χ2n) is 15.2. The van der Waals surface area contributed by atoms with Crippen LogP contribution in [0.3, 0.4) is 0 Å². The van der Waals surface area contributed by atoms with Crippen LogP contribution in [0.25, 0.3) is 0 Å². The zero-order chi connectivity index (χ0) is 37.6. The van der Waals surface area contributed by atoms with E-state index in [0.717, 1.165) is 25.7 Å². The number of cyclic esters (lactones) is 1. The molecule has 50 heavy (non-hydrogen) atoms. The van der Waals surface area contributed by atoms with Crippen molar-refractivity contribution in [1.29, 1.82) is 0 Å². The third kappa shape index (κ3) is 19.3. The maximum absolute atomic E-state index is 13.7. The predicted octanol–water partition coefficient (Wildman–Crippen LogP) is 5.25. The summed E-state index contributed by atoms with van der Waals surface area (Å²) < 4.78 is 10.7. The molecule has 1 rings (SSSR count). The highest BCUT2D eigenvalue weighted by Gasteiger charge is 2.34. The van der Waals surface area contributed by atoms with Crippen molar-refractivity contribution in [3.63, 3.8) is 0 Å². The van der Waals surface area contributed by atoms with Gasteiger partial charge in [0.15, 0.2) is 0 Å². The number of carbonyl (C=O) groups excluding carboxylic acids is 6. The lowest BCUT2D eigenvalue weighted by atomic mass is 9.98. The quantitative estimate of drug-likeness (QED) is 0.104. The van der Waals surface area contributed by atoms with Crippen LogP contribution in [0.5, 0.6) is 0 Å². The number of carbonyl (C=O) groups is 6. The number of amides is 4. The molecule has 0 aromatic rings. The van der Waals surface area contributed by atoms with Gasteiger partial charge in [0.05, 0.1) is 13.5 Å². The summed E-state index contributed by atoms with van der Waals surface area (Å²) in [4.78, 5) is 80.1. The smallest absolute Gasteiger partial charge is 0.328 e. The predicted molar refractivity (Wildman–Crippen MR) is 194 cm³/mol. The minimum absolute atomic E-state index is 0.00383. The van der Waals surface area contributed by atoms with E-state index in [1.165, 1.54) is 39.2 Å². The molecule has 1 fully saturated rings. The minimum Gasteiger partial charge on any atom is -0.469 e. The topological polar surface area (TPSA) is 169 Å². The molecule has 4 amide bonds. The normalized spacial score (nSPS) is 22.9. The molecule has 0 aromatic heterocycles. The fourth-order valence-electron chi connectivity index (χ4n) is 6.13. The number of unbranched alkanes of at least 4 members (excludes halogenated alkanes) is 8. The fraction of sp³-hybridized carbons (Fsp3) is 0.842. The second-order valence-corrected chi connectivity index (χ2v) is 15.2. The summed E-state index contributed by atoms with van der Waals surface area (Å²) in [6.07, 6.45) is 10.1. The van der Waals surface area contributed by atoms with E-state index in [1.54, 1.807) is 0 Å². The van der Waals surface area contributed by atoms with Crippen molar-refractivity contribution in [2.75, 3.05) is 7.11 Å². The van der Waals surface area contributed by atoms with E-state index in [2.05, 4.69) is 28.2 Å². The van der Waals surface area contributed by atoms with Crippen molar-refractivity contribution >= 4 is 35.6 Å². The Labute approximate surface area is 301 Å². The first kappa shape index (κ1) is 44.8. The standard InChI is InChI=1S/C38H68N4O8/c1-9-10-11-12-13-14-15-16-17-18-28-24-33(43)39-29(19-20-34(44)49-8)35(45)40-30(21-25(2)3)36(46)41-31(22-26(4)5)37(47)42-32(23-27(6)7)38(48)50-28/h25-32H,9-24H2,1-8H3,(H,39,43)(H,40,45)(H,41,46)(H,42,47)/t28-,29+,30+,31-,32+/m1/s1. The molecular weight excluding hydrogens is 640 g/mol. The summed E-state index contributed by atoms with van der Waals surface area (Å²) in [7, 11) is 1.24. The van der Waals surface area contributed by atoms with Crippen LogP contribution in [0.4, 0.5) is 0 Å². The number of hydrogen-bond donors (Lipinski definition) is 4. The summed E-state index contributed by atoms with van der Waals surface area (Å²) in [5, 5.41) is 11.2. The molecule has 1 aliphatic rings. The van der Waals surface area contributed by atoms with Crippen LogP contribution >= 0.6 is 0 Å². The van der Waals surface area contributed by atoms with Gasteiger partial charge in [-0.25, -0.2) is 4.79 Å². The lowest BCUT2D eigenvalue weighted by Crippen LogP contribution is -2.58. The monoisotopic (exact) mass is 709 g/mol. The van der Waals surface area contributed by atoms with Gasteiger partial charge in [-0.3, -0.25) is 24.0 Å². The molecule has 1 aliphatic heterocycles. The maximum atomic E-state index is 13.7. The molecule has 4 N–H and O–H groups in total. The van der Waals surface area contributed by atoms with E-state index in [1.807, 2.05) is 41.5 Å². The lowest BCUT2D eigenvalue weighted by Gasteiger charge is -2.29. The van der Waals surface area contributed by atoms with Gasteiger partial charge in [-0.2, -0.15) is 0 Å². The van der Waals surface area contributed by atoms with E-state index in [-0.39, 0.29) is 43.4 Å². The first-order valence-electron chi connectivity index (χ1n) is 19.1. The van der Waals surface area contributed by atoms with Crippen LogP contribution in [0, 0.1) is 17.8 Å². The number of hydrogen-bond acceptors (Lipinski definition) is 8. The number of rotatable bonds is 19. The van der Waals surface area contributed by atoms with E-state index < -0.39 is 65.8 Å². The SMILES string of the molecule is CCCCCCCCCCC[C@@H]1CC(=O)N[C@@H](CCC(=O)OC)C(=O)N[C@@H](CC(C)C)C(=O)N[C@H](CC(C)C)C(=O)N[C@@H](CC(C)C)C(=O)O1. The van der Waals surface area contributed by atoms with E-state index in [0.29, 0.717) is 19.3 Å². The highest BCUT2D eigenvalue weighted by Crippen LogP contribution is 2.18. The Hall–Kier alpha value is -3.18. The van der Waals surface area contributed by atoms with Gasteiger partial charge in [-0.1, -0.05) is 99.8 Å². The largest absolute Gasteiger partial charge is 0.469 e. The van der Waals surface area contributed by atoms with Crippen molar-refractivity contribution in [2.24, 2.45) is 17.8 Å². The molecule has 5 atom stereocenters. The maximum Gasteiger partial charge on any atom is 0.328 e. The Morgan fingerprint density at radius 1 is 0.640 bits per heavy atom. The van der Waals surface area contributed by atoms with Crippen LogP contribution in [-0.4, -0.2) is 72.9 Å². The summed E-state index contributed by atoms with van der Waals surface area (Å²) >= 11 is 0. The molecule has 0 bridgehead atoms. The van der Waals surface area contributed by atoms with Crippen LogP contribution in [0.1, 0.15) is 151 Å². The molecular formula is C38H68N4O8. The molecule has 12 nitrogen and oxygen atoms in total. The Balaban J connectivity index is 3.41. The van der Waals surface area contributed by atoms with E-state index in [4.69, 9.17) is 9.47 Å². The van der Waals surface area contributed by atoms with Crippen LogP contribution in [-0.2, 0) is 38.2 Å². The molecule has 0 unspecified atom stereocenters. The number of esters is 2. The van der Waals surface area contributed by atoms with Gasteiger partial charge in [-0.15, -0.1) is 0 Å². The van der Waals surface area contributed by atoms with Crippen molar-refractivity contribution in [3.8, 4) is 0 Å². The van der Waals surface area contributed by atoms with Crippen molar-refractivity contribution in [3.05, 3.63) is 0 Å². The molecule has 1 heterocycles. The third-order valence-electron chi connectivity index (χ3n) is 8.83. The number of methoxy groups -OCH3 is 1. The van der Waals surface area contributed by atoms with Gasteiger partial charge in [0.2, 0.25) is 23.6 Å². The average Bonchev–Trinajstić information content (AvgIpc) is 3.03. The molecule has 0 aromatic carbocycles. The van der Waals surface area contributed by atoms with Crippen LogP contribution in [0.2, 0.25) is 0 Å². The summed E-state index contributed by atoms with van der Waals surface area (Å²) in [6.45, 7) is 13.7. The third-order valence-corrected chi connectivity index (χ3v) is 8.83. The van der Waals surface area contributed by atoms with Gasteiger partial charge < -0.3 is 30.7 Å². The Bertz CT molecular complexity index is 1060. The Morgan fingerprint density at radius 2 is 1.08 bits per heavy atom. The second kappa shape index (κ2) is 24.9. The molecule has 0 saturated carbocycles. The van der Waals surface area contributed by atoms with Crippen molar-refractivity contribution < 1.29 is 38.2 Å². The number of nitrogens with one attached hydrogen (secondary N) is 4. The van der Waals surface area contributed by atoms with Crippen LogP contribution < -0.4 is 21.3 Å². The van der Waals surface area contributed by atoms with Gasteiger partial charge in [0.1, 0.15) is 30.3 Å². The Morgan fingerprint density at radius 3 is 1.56 bits per heavy atom. The molecule has 0 radical (unpaired) electrons. The zero-order valence-corrected chi connectivity index (χ0v) is 32.2. The minimum atomic E-state index is -1.15. The highest BCUT2D eigenvalue weighted by molar-refractivity contribution is 5.95. The van der Waals surface area contributed by atoms with Gasteiger partial charge in [-0.05, 0) is 56.3 Å². The highest BCUT2D eigenvalue weighted by atomic mass is 16.5. The van der Waals surface area contributed by atoms with Crippen LogP contribution in [0.15, 0.2) is 0 Å². The number of ether oxygens (including phenoxy) is 2. The lowest BCUT2D eigenvalue weighted by molar-refractivity contribution is -0.155. The Kier molecular flexibility index (Phi) is 22.3. The molecule has 1 saturated heterocycles. The zero-order valence-electron chi connectivity index (χ0n) is 32.2. The average molecular weight is 709 g/mol. The summed E-state index contributed by atoms with van der Waals surface area (Å²) in [5.41, 5.74) is 0. The van der Waals surface area contributed by atoms with E-state index >= 15 is 0 Å². The molecule has 0 spiro atoms. The summed E-state index contributed by atoms with van der Waals surface area (Å²) in [5.74, 6) is -3.34. The molecule has 0 aliphatic carbocycles. The van der Waals surface area contributed by atoms with Gasteiger partial charge in [0, 0.05) is 6.42 Å². The first-order chi connectivity index (χ1) is 23.7. The van der Waals surface area contributed by atoms with Gasteiger partial charge in [0.25, 0.3) is 0 Å². The van der Waals surface area contributed by atoms with Gasteiger partial charge >= 0.3 is 11.9 Å². The fourth-order valence-corrected chi connectivity index (χ4v) is 6.13. The first-order valence-corrected chi connectivity index (χ1v) is 19.1. The van der Waals surface area contributed by atoms with E-state index in [9.17, 15) is 28.8 Å². The molecule has 12 heteroatoms. The van der Waals surface area contributed by atoms with Crippen molar-refractivity contribution in [1.82, 2.24) is 21.3 Å². The van der Waals surface area contributed by atoms with Crippen molar-refractivity contribution in [2.45, 2.75) is 181 Å². The summed E-state index contributed by atoms with van der Waals surface area (Å²) in [6, 6.07) is -4.10.